The maximum absolute atomic E-state index is 12.1. The normalized spacial score (nSPS) is 12.7. The Kier molecular flexibility index (Phi) is 6.08. The van der Waals surface area contributed by atoms with Gasteiger partial charge in [-0.05, 0) is 32.4 Å². The predicted octanol–water partition coefficient (Wildman–Crippen LogP) is 2.04. The van der Waals surface area contributed by atoms with Gasteiger partial charge in [-0.3, -0.25) is 13.8 Å². The van der Waals surface area contributed by atoms with Gasteiger partial charge in [-0.1, -0.05) is 19.1 Å². The van der Waals surface area contributed by atoms with Crippen molar-refractivity contribution in [1.82, 2.24) is 5.32 Å². The Balaban J connectivity index is 2.73. The van der Waals surface area contributed by atoms with Crippen LogP contribution in [0.2, 0.25) is 0 Å². The number of carboxylic acid groups (broad SMARTS) is 1. The van der Waals surface area contributed by atoms with Crippen molar-refractivity contribution in [3.63, 3.8) is 0 Å². The van der Waals surface area contributed by atoms with Crippen LogP contribution in [0.5, 0.6) is 0 Å². The number of benzene rings is 1. The first-order valence-electron chi connectivity index (χ1n) is 6.78. The van der Waals surface area contributed by atoms with Crippen LogP contribution in [0.25, 0.3) is 0 Å². The first-order chi connectivity index (χ1) is 9.79. The van der Waals surface area contributed by atoms with Crippen LogP contribution in [0, 0.1) is 5.41 Å². The molecule has 5 nitrogen and oxygen atoms in total. The molecule has 0 bridgehead atoms. The summed E-state index contributed by atoms with van der Waals surface area (Å²) in [5, 5.41) is 11.7. The predicted molar refractivity (Wildman–Crippen MR) is 81.8 cm³/mol. The number of carbonyl (C=O) groups excluding carboxylic acids is 1. The Labute approximate surface area is 127 Å². The van der Waals surface area contributed by atoms with Gasteiger partial charge in [0, 0.05) is 12.3 Å². The molecular formula is C15H21NO4S. The van der Waals surface area contributed by atoms with Gasteiger partial charge in [0.15, 0.2) is 0 Å². The van der Waals surface area contributed by atoms with E-state index in [1.807, 2.05) is 0 Å². The minimum atomic E-state index is -1.21. The molecule has 0 heterocycles. The summed E-state index contributed by atoms with van der Waals surface area (Å²) < 4.78 is 11.9. The highest BCUT2D eigenvalue weighted by Gasteiger charge is 2.26. The summed E-state index contributed by atoms with van der Waals surface area (Å²) in [6.07, 6.45) is 0.326. The lowest BCUT2D eigenvalue weighted by atomic mass is 9.90. The molecule has 6 heteroatoms. The Bertz CT molecular complexity index is 554. The molecule has 21 heavy (non-hydrogen) atoms. The zero-order valence-corrected chi connectivity index (χ0v) is 13.3. The number of hydrogen-bond acceptors (Lipinski definition) is 3. The molecule has 1 unspecified atom stereocenters. The summed E-state index contributed by atoms with van der Waals surface area (Å²) in [6, 6.07) is 6.76. The van der Waals surface area contributed by atoms with Crippen LogP contribution in [0.1, 0.15) is 37.6 Å². The second-order valence-corrected chi connectivity index (χ2v) is 7.03. The van der Waals surface area contributed by atoms with Crippen LogP contribution in [0.4, 0.5) is 0 Å². The van der Waals surface area contributed by atoms with E-state index in [0.29, 0.717) is 22.6 Å². The lowest BCUT2D eigenvalue weighted by molar-refractivity contribution is -0.147. The standard InChI is InChI=1S/C15H21NO4S/c1-4-21(20)12-8-6-5-7-11(12)13(17)16-10-9-15(2,3)14(18)19/h5-8H,4,9-10H2,1-3H3,(H,16,17)(H,18,19). The van der Waals surface area contributed by atoms with Gasteiger partial charge in [-0.15, -0.1) is 0 Å². The van der Waals surface area contributed by atoms with Crippen molar-refractivity contribution in [3.8, 4) is 0 Å². The molecule has 0 aromatic heterocycles. The summed E-state index contributed by atoms with van der Waals surface area (Å²) in [4.78, 5) is 23.7. The molecule has 0 aliphatic rings. The second-order valence-electron chi connectivity index (χ2n) is 5.33. The zero-order valence-electron chi connectivity index (χ0n) is 12.5. The van der Waals surface area contributed by atoms with E-state index in [4.69, 9.17) is 5.11 Å². The highest BCUT2D eigenvalue weighted by atomic mass is 32.2. The average Bonchev–Trinajstić information content (AvgIpc) is 2.45. The minimum absolute atomic E-state index is 0.255. The molecule has 0 fully saturated rings. The number of hydrogen-bond donors (Lipinski definition) is 2. The molecule has 116 valence electrons. The molecule has 0 spiro atoms. The van der Waals surface area contributed by atoms with Crippen molar-refractivity contribution < 1.29 is 18.9 Å². The second kappa shape index (κ2) is 7.36. The highest BCUT2D eigenvalue weighted by molar-refractivity contribution is 7.85. The van der Waals surface area contributed by atoms with Crippen molar-refractivity contribution in [2.24, 2.45) is 5.41 Å². The first kappa shape index (κ1) is 17.4. The summed E-state index contributed by atoms with van der Waals surface area (Å²) in [5.74, 6) is -0.783. The van der Waals surface area contributed by atoms with Crippen LogP contribution >= 0.6 is 0 Å². The molecule has 0 saturated carbocycles. The maximum Gasteiger partial charge on any atom is 0.309 e. The summed E-state index contributed by atoms with van der Waals surface area (Å²) in [5.41, 5.74) is -0.509. The van der Waals surface area contributed by atoms with Crippen molar-refractivity contribution in [3.05, 3.63) is 29.8 Å². The Morgan fingerprint density at radius 2 is 1.90 bits per heavy atom. The van der Waals surface area contributed by atoms with Gasteiger partial charge in [-0.25, -0.2) is 0 Å². The molecule has 1 amide bonds. The van der Waals surface area contributed by atoms with Gasteiger partial charge in [-0.2, -0.15) is 0 Å². The van der Waals surface area contributed by atoms with E-state index >= 15 is 0 Å². The molecule has 0 saturated heterocycles. The van der Waals surface area contributed by atoms with Crippen LogP contribution in [0.15, 0.2) is 29.2 Å². The zero-order chi connectivity index (χ0) is 16.0. The van der Waals surface area contributed by atoms with Gasteiger partial charge in [0.2, 0.25) is 0 Å². The number of aliphatic carboxylic acids is 1. The van der Waals surface area contributed by atoms with Crippen LogP contribution in [0.3, 0.4) is 0 Å². The fourth-order valence-corrected chi connectivity index (χ4v) is 2.65. The first-order valence-corrected chi connectivity index (χ1v) is 8.10. The van der Waals surface area contributed by atoms with Gasteiger partial charge >= 0.3 is 5.97 Å². The van der Waals surface area contributed by atoms with Crippen LogP contribution in [-0.2, 0) is 15.6 Å². The summed E-state index contributed by atoms with van der Waals surface area (Å²) in [6.45, 7) is 5.27. The van der Waals surface area contributed by atoms with E-state index in [1.165, 1.54) is 0 Å². The van der Waals surface area contributed by atoms with Crippen molar-refractivity contribution in [2.75, 3.05) is 12.3 Å². The number of carboxylic acids is 1. The number of nitrogens with one attached hydrogen (secondary N) is 1. The van der Waals surface area contributed by atoms with Crippen LogP contribution in [-0.4, -0.2) is 33.5 Å². The van der Waals surface area contributed by atoms with Crippen molar-refractivity contribution >= 4 is 22.7 Å². The maximum atomic E-state index is 12.1. The lowest BCUT2D eigenvalue weighted by Crippen LogP contribution is -2.32. The molecular weight excluding hydrogens is 290 g/mol. The minimum Gasteiger partial charge on any atom is -0.481 e. The van der Waals surface area contributed by atoms with Gasteiger partial charge < -0.3 is 10.4 Å². The molecule has 2 N–H and O–H groups in total. The van der Waals surface area contributed by atoms with E-state index in [2.05, 4.69) is 5.32 Å². The van der Waals surface area contributed by atoms with Crippen LogP contribution < -0.4 is 5.32 Å². The Hall–Kier alpha value is -1.69. The van der Waals surface area contributed by atoms with E-state index in [-0.39, 0.29) is 12.5 Å². The molecule has 0 radical (unpaired) electrons. The Morgan fingerprint density at radius 3 is 2.48 bits per heavy atom. The number of rotatable bonds is 7. The van der Waals surface area contributed by atoms with Crippen molar-refractivity contribution in [2.45, 2.75) is 32.1 Å². The average molecular weight is 311 g/mol. The third-order valence-electron chi connectivity index (χ3n) is 3.25. The summed E-state index contributed by atoms with van der Waals surface area (Å²) in [7, 11) is -1.21. The highest BCUT2D eigenvalue weighted by Crippen LogP contribution is 2.19. The number of amides is 1. The SMILES string of the molecule is CCS(=O)c1ccccc1C(=O)NCCC(C)(C)C(=O)O. The van der Waals surface area contributed by atoms with Gasteiger partial charge in [0.1, 0.15) is 0 Å². The molecule has 0 aliphatic carbocycles. The van der Waals surface area contributed by atoms with Gasteiger partial charge in [0.05, 0.1) is 26.7 Å². The Morgan fingerprint density at radius 1 is 1.29 bits per heavy atom. The monoisotopic (exact) mass is 311 g/mol. The molecule has 1 atom stereocenters. The van der Waals surface area contributed by atoms with Crippen molar-refractivity contribution in [1.29, 1.82) is 0 Å². The van der Waals surface area contributed by atoms with E-state index in [0.717, 1.165) is 0 Å². The fraction of sp³-hybridized carbons (Fsp3) is 0.467. The number of carbonyl (C=O) groups is 2. The smallest absolute Gasteiger partial charge is 0.309 e. The quantitative estimate of drug-likeness (QED) is 0.807. The van der Waals surface area contributed by atoms with E-state index in [1.54, 1.807) is 45.0 Å². The third-order valence-corrected chi connectivity index (χ3v) is 4.62. The largest absolute Gasteiger partial charge is 0.481 e. The third kappa shape index (κ3) is 4.67. The van der Waals surface area contributed by atoms with Gasteiger partial charge in [0.25, 0.3) is 5.91 Å². The fourth-order valence-electron chi connectivity index (χ4n) is 1.70. The molecule has 0 aliphatic heterocycles. The van der Waals surface area contributed by atoms with E-state index < -0.39 is 22.2 Å². The molecule has 1 rings (SSSR count). The molecule has 1 aromatic rings. The van der Waals surface area contributed by atoms with E-state index in [9.17, 15) is 13.8 Å². The molecule has 1 aromatic carbocycles. The summed E-state index contributed by atoms with van der Waals surface area (Å²) >= 11 is 0. The lowest BCUT2D eigenvalue weighted by Gasteiger charge is -2.19. The topological polar surface area (TPSA) is 83.5 Å².